The highest BCUT2D eigenvalue weighted by atomic mass is 16.7. The van der Waals surface area contributed by atoms with Crippen LogP contribution in [0.1, 0.15) is 42.3 Å². The molecule has 1 aromatic carbocycles. The topological polar surface area (TPSA) is 35.5 Å². The first-order valence-corrected chi connectivity index (χ1v) is 5.62. The van der Waals surface area contributed by atoms with Gasteiger partial charge in [0, 0.05) is 12.7 Å². The van der Waals surface area contributed by atoms with E-state index in [9.17, 15) is 4.79 Å². The minimum atomic E-state index is -0.0765. The fourth-order valence-corrected chi connectivity index (χ4v) is 1.72. The molecule has 0 heterocycles. The van der Waals surface area contributed by atoms with Crippen LogP contribution in [0.3, 0.4) is 0 Å². The summed E-state index contributed by atoms with van der Waals surface area (Å²) in [5, 5.41) is 0. The lowest BCUT2D eigenvalue weighted by molar-refractivity contribution is 0.0492. The van der Waals surface area contributed by atoms with Crippen LogP contribution in [0.4, 0.5) is 0 Å². The third-order valence-electron chi connectivity index (χ3n) is 2.52. The number of benzene rings is 1. The van der Waals surface area contributed by atoms with Gasteiger partial charge in [-0.1, -0.05) is 26.8 Å². The monoisotopic (exact) mass is 236 g/mol. The van der Waals surface area contributed by atoms with Gasteiger partial charge in [-0.2, -0.15) is 0 Å². The predicted molar refractivity (Wildman–Crippen MR) is 67.8 cm³/mol. The lowest BCUT2D eigenvalue weighted by atomic mass is 9.84. The van der Waals surface area contributed by atoms with Crippen LogP contribution in [0.15, 0.2) is 12.1 Å². The molecule has 0 fully saturated rings. The van der Waals surface area contributed by atoms with Gasteiger partial charge in [-0.25, -0.2) is 0 Å². The molecule has 1 aromatic rings. The first kappa shape index (κ1) is 13.7. The van der Waals surface area contributed by atoms with E-state index >= 15 is 0 Å². The largest absolute Gasteiger partial charge is 0.467 e. The molecule has 94 valence electrons. The van der Waals surface area contributed by atoms with E-state index in [1.54, 1.807) is 7.11 Å². The predicted octanol–water partition coefficient (Wildman–Crippen LogP) is 3.09. The second-order valence-electron chi connectivity index (χ2n) is 5.15. The van der Waals surface area contributed by atoms with Crippen LogP contribution in [-0.4, -0.2) is 20.2 Å². The van der Waals surface area contributed by atoms with Gasteiger partial charge in [-0.05, 0) is 24.0 Å². The molecule has 1 rings (SSSR count). The fourth-order valence-electron chi connectivity index (χ4n) is 1.72. The zero-order valence-corrected chi connectivity index (χ0v) is 11.2. The number of hydrogen-bond acceptors (Lipinski definition) is 3. The van der Waals surface area contributed by atoms with Crippen LogP contribution in [0.25, 0.3) is 0 Å². The zero-order chi connectivity index (χ0) is 13.1. The summed E-state index contributed by atoms with van der Waals surface area (Å²) in [6.45, 7) is 8.40. The molecule has 0 aromatic heterocycles. The van der Waals surface area contributed by atoms with Crippen molar-refractivity contribution in [3.05, 3.63) is 28.8 Å². The third-order valence-corrected chi connectivity index (χ3v) is 2.52. The van der Waals surface area contributed by atoms with E-state index in [4.69, 9.17) is 9.47 Å². The molecule has 0 radical (unpaired) electrons. The molecule has 0 unspecified atom stereocenters. The second kappa shape index (κ2) is 5.32. The molecule has 0 saturated heterocycles. The van der Waals surface area contributed by atoms with Crippen molar-refractivity contribution in [2.24, 2.45) is 0 Å². The Morgan fingerprint density at radius 3 is 2.41 bits per heavy atom. The van der Waals surface area contributed by atoms with Crippen molar-refractivity contribution in [2.75, 3.05) is 13.9 Å². The number of hydrogen-bond donors (Lipinski definition) is 0. The van der Waals surface area contributed by atoms with E-state index in [0.717, 1.165) is 17.4 Å². The SMILES string of the molecule is COCOc1c(C=O)cc(C)cc1C(C)(C)C. The highest BCUT2D eigenvalue weighted by Crippen LogP contribution is 2.34. The summed E-state index contributed by atoms with van der Waals surface area (Å²) < 4.78 is 10.4. The lowest BCUT2D eigenvalue weighted by Crippen LogP contribution is -2.16. The summed E-state index contributed by atoms with van der Waals surface area (Å²) in [7, 11) is 1.56. The molecular weight excluding hydrogens is 216 g/mol. The number of aldehydes is 1. The number of carbonyl (C=O) groups is 1. The number of carbonyl (C=O) groups excluding carboxylic acids is 1. The Kier molecular flexibility index (Phi) is 4.29. The second-order valence-corrected chi connectivity index (χ2v) is 5.15. The van der Waals surface area contributed by atoms with Gasteiger partial charge in [0.15, 0.2) is 13.1 Å². The lowest BCUT2D eigenvalue weighted by Gasteiger charge is -2.24. The molecule has 0 aliphatic carbocycles. The summed E-state index contributed by atoms with van der Waals surface area (Å²) >= 11 is 0. The summed E-state index contributed by atoms with van der Waals surface area (Å²) in [5.41, 5.74) is 2.58. The Morgan fingerprint density at radius 1 is 1.29 bits per heavy atom. The smallest absolute Gasteiger partial charge is 0.188 e. The Hall–Kier alpha value is -1.35. The average molecular weight is 236 g/mol. The Morgan fingerprint density at radius 2 is 1.94 bits per heavy atom. The highest BCUT2D eigenvalue weighted by molar-refractivity contribution is 5.81. The zero-order valence-electron chi connectivity index (χ0n) is 11.2. The van der Waals surface area contributed by atoms with E-state index in [-0.39, 0.29) is 12.2 Å². The van der Waals surface area contributed by atoms with Crippen LogP contribution in [0, 0.1) is 6.92 Å². The van der Waals surface area contributed by atoms with Crippen molar-refractivity contribution >= 4 is 6.29 Å². The molecule has 17 heavy (non-hydrogen) atoms. The van der Waals surface area contributed by atoms with Crippen molar-refractivity contribution in [3.8, 4) is 5.75 Å². The first-order valence-electron chi connectivity index (χ1n) is 5.62. The minimum Gasteiger partial charge on any atom is -0.467 e. The summed E-state index contributed by atoms with van der Waals surface area (Å²) in [6.07, 6.45) is 0.827. The maximum atomic E-state index is 11.1. The summed E-state index contributed by atoms with van der Waals surface area (Å²) in [4.78, 5) is 11.1. The molecule has 0 N–H and O–H groups in total. The molecule has 0 saturated carbocycles. The van der Waals surface area contributed by atoms with E-state index in [0.29, 0.717) is 11.3 Å². The van der Waals surface area contributed by atoms with Gasteiger partial charge < -0.3 is 9.47 Å². The molecule has 3 nitrogen and oxygen atoms in total. The van der Waals surface area contributed by atoms with Crippen molar-refractivity contribution in [1.82, 2.24) is 0 Å². The summed E-state index contributed by atoms with van der Waals surface area (Å²) in [6, 6.07) is 3.88. The van der Waals surface area contributed by atoms with Crippen LogP contribution < -0.4 is 4.74 Å². The van der Waals surface area contributed by atoms with Crippen LogP contribution >= 0.6 is 0 Å². The normalized spacial score (nSPS) is 11.4. The van der Waals surface area contributed by atoms with Gasteiger partial charge in [-0.15, -0.1) is 0 Å². The Balaban J connectivity index is 3.33. The molecule has 0 atom stereocenters. The van der Waals surface area contributed by atoms with Gasteiger partial charge in [0.25, 0.3) is 0 Å². The molecule has 0 bridgehead atoms. The van der Waals surface area contributed by atoms with Gasteiger partial charge in [0.1, 0.15) is 5.75 Å². The minimum absolute atomic E-state index is 0.0765. The fraction of sp³-hybridized carbons (Fsp3) is 0.500. The molecule has 0 spiro atoms. The maximum Gasteiger partial charge on any atom is 0.188 e. The van der Waals surface area contributed by atoms with Crippen molar-refractivity contribution < 1.29 is 14.3 Å². The molecule has 0 amide bonds. The Bertz CT molecular complexity index is 403. The highest BCUT2D eigenvalue weighted by Gasteiger charge is 2.22. The summed E-state index contributed by atoms with van der Waals surface area (Å²) in [5.74, 6) is 0.625. The molecular formula is C14H20O3. The quantitative estimate of drug-likeness (QED) is 0.595. The van der Waals surface area contributed by atoms with Crippen LogP contribution in [0.2, 0.25) is 0 Å². The van der Waals surface area contributed by atoms with Gasteiger partial charge in [0.2, 0.25) is 0 Å². The van der Waals surface area contributed by atoms with Crippen LogP contribution in [0.5, 0.6) is 5.75 Å². The van der Waals surface area contributed by atoms with E-state index < -0.39 is 0 Å². The Labute approximate surface area is 103 Å². The van der Waals surface area contributed by atoms with E-state index in [1.165, 1.54) is 0 Å². The van der Waals surface area contributed by atoms with E-state index in [1.807, 2.05) is 13.0 Å². The van der Waals surface area contributed by atoms with Crippen molar-refractivity contribution in [1.29, 1.82) is 0 Å². The average Bonchev–Trinajstić information content (AvgIpc) is 2.25. The number of aryl methyl sites for hydroxylation is 1. The van der Waals surface area contributed by atoms with E-state index in [2.05, 4.69) is 26.8 Å². The van der Waals surface area contributed by atoms with Gasteiger partial charge >= 0.3 is 0 Å². The van der Waals surface area contributed by atoms with Gasteiger partial charge in [0.05, 0.1) is 5.56 Å². The third kappa shape index (κ3) is 3.30. The first-order chi connectivity index (χ1) is 7.90. The van der Waals surface area contributed by atoms with Crippen molar-refractivity contribution in [2.45, 2.75) is 33.1 Å². The van der Waals surface area contributed by atoms with Crippen molar-refractivity contribution in [3.63, 3.8) is 0 Å². The number of rotatable bonds is 4. The molecule has 3 heteroatoms. The molecule has 0 aliphatic rings. The molecule has 0 aliphatic heterocycles. The maximum absolute atomic E-state index is 11.1. The number of ether oxygens (including phenoxy) is 2. The van der Waals surface area contributed by atoms with Gasteiger partial charge in [-0.3, -0.25) is 4.79 Å². The number of methoxy groups -OCH3 is 1. The standard InChI is InChI=1S/C14H20O3/c1-10-6-11(8-15)13(17-9-16-5)12(7-10)14(2,3)4/h6-8H,9H2,1-5H3. The van der Waals surface area contributed by atoms with Crippen LogP contribution in [-0.2, 0) is 10.2 Å².